The van der Waals surface area contributed by atoms with Gasteiger partial charge in [0.05, 0.1) is 0 Å². The first-order chi connectivity index (χ1) is 4.81. The molecular formula is C4H9NO5S. The Balaban J connectivity index is 3.89. The summed E-state index contributed by atoms with van der Waals surface area (Å²) < 4.78 is 29.5. The van der Waals surface area contributed by atoms with Crippen LogP contribution in [0, 0.1) is 0 Å². The molecule has 0 amide bonds. The van der Waals surface area contributed by atoms with Crippen LogP contribution in [0.2, 0.25) is 0 Å². The highest BCUT2D eigenvalue weighted by atomic mass is 32.2. The quantitative estimate of drug-likeness (QED) is 0.370. The molecule has 7 heteroatoms. The van der Waals surface area contributed by atoms with Gasteiger partial charge in [-0.05, 0) is 6.92 Å². The molecule has 3 N–H and O–H groups in total. The molecule has 66 valence electrons. The number of ketones is 1. The van der Waals surface area contributed by atoms with Crippen molar-refractivity contribution in [3.05, 3.63) is 0 Å². The Morgan fingerprint density at radius 2 is 2.09 bits per heavy atom. The zero-order valence-electron chi connectivity index (χ0n) is 5.81. The lowest BCUT2D eigenvalue weighted by molar-refractivity contribution is -0.118. The van der Waals surface area contributed by atoms with E-state index in [-0.39, 0.29) is 12.2 Å². The van der Waals surface area contributed by atoms with Crippen molar-refractivity contribution in [3.63, 3.8) is 0 Å². The van der Waals surface area contributed by atoms with Crippen LogP contribution < -0.4 is 4.72 Å². The van der Waals surface area contributed by atoms with Gasteiger partial charge in [0.2, 0.25) is 0 Å². The van der Waals surface area contributed by atoms with Gasteiger partial charge in [-0.15, -0.1) is 0 Å². The van der Waals surface area contributed by atoms with E-state index < -0.39 is 16.5 Å². The topological polar surface area (TPSA) is 104 Å². The average Bonchev–Trinajstić information content (AvgIpc) is 1.53. The molecule has 0 aliphatic heterocycles. The van der Waals surface area contributed by atoms with Crippen molar-refractivity contribution in [2.45, 2.75) is 19.6 Å². The molecule has 0 aliphatic carbocycles. The van der Waals surface area contributed by atoms with E-state index in [1.165, 1.54) is 11.6 Å². The first-order valence-corrected chi connectivity index (χ1v) is 4.17. The number of rotatable bonds is 4. The number of aliphatic hydroxyl groups excluding tert-OH is 1. The lowest BCUT2D eigenvalue weighted by Crippen LogP contribution is -2.35. The summed E-state index contributed by atoms with van der Waals surface area (Å²) in [6, 6.07) is 0. The van der Waals surface area contributed by atoms with E-state index in [4.69, 9.17) is 9.66 Å². The van der Waals surface area contributed by atoms with Gasteiger partial charge in [0.25, 0.3) is 0 Å². The Hall–Kier alpha value is -0.500. The van der Waals surface area contributed by atoms with E-state index in [2.05, 4.69) is 0 Å². The summed E-state index contributed by atoms with van der Waals surface area (Å²) in [4.78, 5) is 10.3. The minimum absolute atomic E-state index is 0.361. The summed E-state index contributed by atoms with van der Waals surface area (Å²) in [6.07, 6.45) is -1.91. The van der Waals surface area contributed by atoms with Crippen LogP contribution >= 0.6 is 0 Å². The van der Waals surface area contributed by atoms with Crippen LogP contribution in [0.1, 0.15) is 13.3 Å². The van der Waals surface area contributed by atoms with E-state index >= 15 is 0 Å². The fourth-order valence-electron chi connectivity index (χ4n) is 0.486. The standard InChI is InChI=1S/C4H9NO5S/c1-3(6)2-4(7)5-11(8,9)10/h4-5,7H,2H2,1H3,(H,8,9,10). The van der Waals surface area contributed by atoms with Crippen LogP contribution in [-0.4, -0.2) is 30.1 Å². The van der Waals surface area contributed by atoms with Crippen molar-refractivity contribution in [1.82, 2.24) is 4.72 Å². The molecule has 1 atom stereocenters. The Kier molecular flexibility index (Phi) is 3.59. The molecule has 0 saturated heterocycles. The molecule has 0 radical (unpaired) electrons. The smallest absolute Gasteiger partial charge is 0.335 e. The number of Topliss-reactive ketones (excluding diaryl/α,β-unsaturated/α-hetero) is 1. The van der Waals surface area contributed by atoms with Crippen LogP contribution in [0.5, 0.6) is 0 Å². The number of carbonyl (C=O) groups is 1. The van der Waals surface area contributed by atoms with Crippen molar-refractivity contribution in [2.24, 2.45) is 0 Å². The Bertz CT molecular complexity index is 233. The van der Waals surface area contributed by atoms with Crippen molar-refractivity contribution in [3.8, 4) is 0 Å². The van der Waals surface area contributed by atoms with Gasteiger partial charge in [-0.1, -0.05) is 0 Å². The lowest BCUT2D eigenvalue weighted by atomic mass is 10.3. The number of nitrogens with one attached hydrogen (secondary N) is 1. The highest BCUT2D eigenvalue weighted by Gasteiger charge is 2.12. The lowest BCUT2D eigenvalue weighted by Gasteiger charge is -2.06. The molecule has 0 aromatic carbocycles. The van der Waals surface area contributed by atoms with Crippen LogP contribution in [0.15, 0.2) is 0 Å². The monoisotopic (exact) mass is 183 g/mol. The average molecular weight is 183 g/mol. The van der Waals surface area contributed by atoms with Crippen LogP contribution in [0.4, 0.5) is 0 Å². The molecule has 0 bridgehead atoms. The van der Waals surface area contributed by atoms with Gasteiger partial charge in [-0.3, -0.25) is 9.35 Å². The number of hydrogen-bond acceptors (Lipinski definition) is 4. The molecule has 6 nitrogen and oxygen atoms in total. The second-order valence-electron chi connectivity index (χ2n) is 2.01. The first kappa shape index (κ1) is 10.5. The van der Waals surface area contributed by atoms with E-state index in [1.54, 1.807) is 0 Å². The summed E-state index contributed by atoms with van der Waals surface area (Å²) in [6.45, 7) is 1.19. The Labute approximate surface area is 64.1 Å². The van der Waals surface area contributed by atoms with Crippen LogP contribution in [0.25, 0.3) is 0 Å². The molecule has 0 heterocycles. The molecule has 0 aliphatic rings. The molecule has 0 fully saturated rings. The van der Waals surface area contributed by atoms with Gasteiger partial charge in [0.1, 0.15) is 12.0 Å². The summed E-state index contributed by atoms with van der Waals surface area (Å²) in [5, 5.41) is 8.68. The number of carbonyl (C=O) groups excluding carboxylic acids is 1. The first-order valence-electron chi connectivity index (χ1n) is 2.73. The zero-order chi connectivity index (χ0) is 9.07. The number of aliphatic hydroxyl groups is 1. The molecule has 0 aromatic heterocycles. The van der Waals surface area contributed by atoms with Crippen LogP contribution in [-0.2, 0) is 15.1 Å². The molecule has 0 rings (SSSR count). The minimum atomic E-state index is -4.42. The maximum atomic E-state index is 10.3. The van der Waals surface area contributed by atoms with Crippen molar-refractivity contribution in [2.75, 3.05) is 0 Å². The molecular weight excluding hydrogens is 174 g/mol. The highest BCUT2D eigenvalue weighted by Crippen LogP contribution is 1.89. The fraction of sp³-hybridized carbons (Fsp3) is 0.750. The van der Waals surface area contributed by atoms with Crippen molar-refractivity contribution in [1.29, 1.82) is 0 Å². The zero-order valence-corrected chi connectivity index (χ0v) is 6.63. The third-order valence-electron chi connectivity index (χ3n) is 0.766. The van der Waals surface area contributed by atoms with Gasteiger partial charge >= 0.3 is 10.3 Å². The van der Waals surface area contributed by atoms with E-state index in [0.717, 1.165) is 0 Å². The summed E-state index contributed by atoms with van der Waals surface area (Å²) in [7, 11) is -4.42. The highest BCUT2D eigenvalue weighted by molar-refractivity contribution is 7.83. The third kappa shape index (κ3) is 7.40. The third-order valence-corrected chi connectivity index (χ3v) is 1.34. The molecule has 0 aromatic rings. The van der Waals surface area contributed by atoms with E-state index in [0.29, 0.717) is 0 Å². The molecule has 0 saturated carbocycles. The van der Waals surface area contributed by atoms with E-state index in [9.17, 15) is 13.2 Å². The summed E-state index contributed by atoms with van der Waals surface area (Å²) >= 11 is 0. The van der Waals surface area contributed by atoms with Crippen molar-refractivity contribution < 1.29 is 22.9 Å². The van der Waals surface area contributed by atoms with Crippen molar-refractivity contribution >= 4 is 16.1 Å². The fourth-order valence-corrected chi connectivity index (χ4v) is 0.913. The van der Waals surface area contributed by atoms with Gasteiger partial charge < -0.3 is 5.11 Å². The van der Waals surface area contributed by atoms with Gasteiger partial charge in [0, 0.05) is 6.42 Å². The second-order valence-corrected chi connectivity index (χ2v) is 3.20. The van der Waals surface area contributed by atoms with Crippen LogP contribution in [0.3, 0.4) is 0 Å². The van der Waals surface area contributed by atoms with Gasteiger partial charge in [-0.25, -0.2) is 0 Å². The largest absolute Gasteiger partial charge is 0.377 e. The van der Waals surface area contributed by atoms with E-state index in [1.807, 2.05) is 0 Å². The number of hydrogen-bond donors (Lipinski definition) is 3. The van der Waals surface area contributed by atoms with Gasteiger partial charge in [0.15, 0.2) is 0 Å². The predicted molar refractivity (Wildman–Crippen MR) is 36.0 cm³/mol. The Morgan fingerprint density at radius 1 is 1.64 bits per heavy atom. The van der Waals surface area contributed by atoms with Gasteiger partial charge in [-0.2, -0.15) is 13.1 Å². The molecule has 11 heavy (non-hydrogen) atoms. The predicted octanol–water partition coefficient (Wildman–Crippen LogP) is -1.32. The SMILES string of the molecule is CC(=O)CC(O)NS(=O)(=O)O. The molecule has 1 unspecified atom stereocenters. The summed E-state index contributed by atoms with van der Waals surface area (Å²) in [5.41, 5.74) is 0. The Morgan fingerprint density at radius 3 is 2.36 bits per heavy atom. The maximum Gasteiger partial charge on any atom is 0.335 e. The molecule has 0 spiro atoms. The second kappa shape index (κ2) is 3.77. The maximum absolute atomic E-state index is 10.3. The summed E-state index contributed by atoms with van der Waals surface area (Å²) in [5.74, 6) is -0.381. The minimum Gasteiger partial charge on any atom is -0.377 e. The normalized spacial score (nSPS) is 14.5.